The van der Waals surface area contributed by atoms with Crippen LogP contribution in [0.25, 0.3) is 0 Å². The van der Waals surface area contributed by atoms with Gasteiger partial charge in [-0.15, -0.1) is 0 Å². The summed E-state index contributed by atoms with van der Waals surface area (Å²) in [5.74, 6) is -2.46. The molecule has 0 fully saturated rings. The molecule has 0 saturated heterocycles. The molecular weight excluding hydrogens is 276 g/mol. The molecule has 1 aromatic rings. The van der Waals surface area contributed by atoms with Crippen molar-refractivity contribution in [3.05, 3.63) is 34.9 Å². The molecule has 0 radical (unpaired) electrons. The fourth-order valence-corrected chi connectivity index (χ4v) is 2.59. The third kappa shape index (κ3) is 2.59. The van der Waals surface area contributed by atoms with E-state index in [4.69, 9.17) is 10.8 Å². The molecule has 0 saturated carbocycles. The lowest BCUT2D eigenvalue weighted by atomic mass is 10.0. The minimum atomic E-state index is -1.29. The minimum Gasteiger partial charge on any atom is -0.481 e. The number of aryl methyl sites for hydroxylation is 1. The molecule has 1 aliphatic rings. The summed E-state index contributed by atoms with van der Waals surface area (Å²) in [7, 11) is 0. The first kappa shape index (κ1) is 15.0. The number of aliphatic hydroxyl groups is 1. The average molecular weight is 292 g/mol. The quantitative estimate of drug-likeness (QED) is 0.713. The molecule has 2 unspecified atom stereocenters. The van der Waals surface area contributed by atoms with E-state index in [0.29, 0.717) is 11.1 Å². The SMILES string of the molecule is Cc1cccc2c1C(O)N(C(CCC(=O)O)C(N)=O)C2=O. The van der Waals surface area contributed by atoms with Gasteiger partial charge in [-0.25, -0.2) is 0 Å². The standard InChI is InChI=1S/C14H16N2O5/c1-7-3-2-4-8-11(7)14(21)16(13(8)20)9(12(15)19)5-6-10(17)18/h2-4,9,14,21H,5-6H2,1H3,(H2,15,19)(H,17,18). The van der Waals surface area contributed by atoms with Crippen LogP contribution < -0.4 is 5.73 Å². The zero-order valence-corrected chi connectivity index (χ0v) is 11.4. The van der Waals surface area contributed by atoms with E-state index in [-0.39, 0.29) is 12.8 Å². The highest BCUT2D eigenvalue weighted by Crippen LogP contribution is 2.36. The first-order chi connectivity index (χ1) is 9.84. The second kappa shape index (κ2) is 5.53. The van der Waals surface area contributed by atoms with Crippen LogP contribution in [0.1, 0.15) is 40.6 Å². The first-order valence-electron chi connectivity index (χ1n) is 6.46. The van der Waals surface area contributed by atoms with Gasteiger partial charge in [0, 0.05) is 17.5 Å². The number of nitrogens with zero attached hydrogens (tertiary/aromatic N) is 1. The fraction of sp³-hybridized carbons (Fsp3) is 0.357. The lowest BCUT2D eigenvalue weighted by Gasteiger charge is -2.28. The Balaban J connectivity index is 2.36. The van der Waals surface area contributed by atoms with Gasteiger partial charge in [-0.2, -0.15) is 0 Å². The number of benzene rings is 1. The van der Waals surface area contributed by atoms with E-state index in [0.717, 1.165) is 10.5 Å². The molecule has 2 rings (SSSR count). The van der Waals surface area contributed by atoms with Gasteiger partial charge < -0.3 is 15.9 Å². The van der Waals surface area contributed by atoms with Crippen molar-refractivity contribution >= 4 is 17.8 Å². The summed E-state index contributed by atoms with van der Waals surface area (Å²) < 4.78 is 0. The van der Waals surface area contributed by atoms with Crippen molar-refractivity contribution in [3.63, 3.8) is 0 Å². The lowest BCUT2D eigenvalue weighted by Crippen LogP contribution is -2.47. The number of nitrogens with two attached hydrogens (primary N) is 1. The van der Waals surface area contributed by atoms with Crippen LogP contribution in [0, 0.1) is 6.92 Å². The summed E-state index contributed by atoms with van der Waals surface area (Å²) in [6.07, 6.45) is -1.75. The molecule has 0 bridgehead atoms. The largest absolute Gasteiger partial charge is 0.481 e. The monoisotopic (exact) mass is 292 g/mol. The van der Waals surface area contributed by atoms with Crippen molar-refractivity contribution < 1.29 is 24.6 Å². The molecule has 0 aromatic heterocycles. The van der Waals surface area contributed by atoms with Gasteiger partial charge in [-0.1, -0.05) is 12.1 Å². The second-order valence-electron chi connectivity index (χ2n) is 4.97. The van der Waals surface area contributed by atoms with E-state index in [2.05, 4.69) is 0 Å². The zero-order chi connectivity index (χ0) is 15.7. The van der Waals surface area contributed by atoms with Crippen LogP contribution in [0.2, 0.25) is 0 Å². The maximum atomic E-state index is 12.4. The van der Waals surface area contributed by atoms with Crippen molar-refractivity contribution in [3.8, 4) is 0 Å². The van der Waals surface area contributed by atoms with E-state index in [1.807, 2.05) is 0 Å². The topological polar surface area (TPSA) is 121 Å². The van der Waals surface area contributed by atoms with Crippen molar-refractivity contribution in [2.24, 2.45) is 5.73 Å². The Bertz CT molecular complexity index is 613. The van der Waals surface area contributed by atoms with Gasteiger partial charge in [0.05, 0.1) is 0 Å². The average Bonchev–Trinajstić information content (AvgIpc) is 2.64. The van der Waals surface area contributed by atoms with E-state index >= 15 is 0 Å². The fourth-order valence-electron chi connectivity index (χ4n) is 2.59. The number of rotatable bonds is 5. The second-order valence-corrected chi connectivity index (χ2v) is 4.97. The van der Waals surface area contributed by atoms with E-state index in [9.17, 15) is 19.5 Å². The Morgan fingerprint density at radius 1 is 1.43 bits per heavy atom. The minimum absolute atomic E-state index is 0.138. The number of amides is 2. The van der Waals surface area contributed by atoms with Crippen LogP contribution in [0.4, 0.5) is 0 Å². The summed E-state index contributed by atoms with van der Waals surface area (Å²) in [6.45, 7) is 1.75. The van der Waals surface area contributed by atoms with Gasteiger partial charge in [-0.05, 0) is 25.0 Å². The van der Waals surface area contributed by atoms with Gasteiger partial charge in [0.1, 0.15) is 6.04 Å². The number of carbonyl (C=O) groups is 3. The van der Waals surface area contributed by atoms with Gasteiger partial charge in [-0.3, -0.25) is 19.3 Å². The van der Waals surface area contributed by atoms with Crippen LogP contribution in [0.15, 0.2) is 18.2 Å². The van der Waals surface area contributed by atoms with E-state index < -0.39 is 30.1 Å². The number of primary amides is 1. The Morgan fingerprint density at radius 2 is 2.10 bits per heavy atom. The third-order valence-electron chi connectivity index (χ3n) is 3.61. The highest BCUT2D eigenvalue weighted by molar-refractivity contribution is 6.01. The number of carboxylic acid groups (broad SMARTS) is 1. The molecule has 0 aliphatic carbocycles. The molecule has 0 spiro atoms. The summed E-state index contributed by atoms with van der Waals surface area (Å²) in [4.78, 5) is 35.5. The predicted molar refractivity (Wildman–Crippen MR) is 72.2 cm³/mol. The van der Waals surface area contributed by atoms with Crippen LogP contribution in [0.3, 0.4) is 0 Å². The first-order valence-corrected chi connectivity index (χ1v) is 6.46. The van der Waals surface area contributed by atoms with Crippen LogP contribution in [-0.2, 0) is 9.59 Å². The molecule has 2 amide bonds. The Morgan fingerprint density at radius 3 is 2.62 bits per heavy atom. The zero-order valence-electron chi connectivity index (χ0n) is 11.4. The number of aliphatic carboxylic acids is 1. The number of aliphatic hydroxyl groups excluding tert-OH is 1. The molecule has 4 N–H and O–H groups in total. The molecular formula is C14H16N2O5. The normalized spacial score (nSPS) is 18.5. The smallest absolute Gasteiger partial charge is 0.303 e. The molecule has 1 aromatic carbocycles. The molecule has 7 heteroatoms. The van der Waals surface area contributed by atoms with Gasteiger partial charge >= 0.3 is 5.97 Å². The highest BCUT2D eigenvalue weighted by Gasteiger charge is 2.42. The van der Waals surface area contributed by atoms with Crippen molar-refractivity contribution in [2.75, 3.05) is 0 Å². The predicted octanol–water partition coefficient (Wildman–Crippen LogP) is 0.160. The third-order valence-corrected chi connectivity index (χ3v) is 3.61. The maximum absolute atomic E-state index is 12.4. The molecule has 112 valence electrons. The Labute approximate surface area is 121 Å². The number of fused-ring (bicyclic) bond motifs is 1. The number of hydrogen-bond donors (Lipinski definition) is 3. The molecule has 21 heavy (non-hydrogen) atoms. The van der Waals surface area contributed by atoms with Crippen molar-refractivity contribution in [1.82, 2.24) is 4.90 Å². The number of carboxylic acids is 1. The summed E-state index contributed by atoms with van der Waals surface area (Å²) in [5, 5.41) is 19.0. The van der Waals surface area contributed by atoms with Crippen LogP contribution >= 0.6 is 0 Å². The highest BCUT2D eigenvalue weighted by atomic mass is 16.4. The van der Waals surface area contributed by atoms with Crippen molar-refractivity contribution in [2.45, 2.75) is 32.0 Å². The Hall–Kier alpha value is -2.41. The van der Waals surface area contributed by atoms with Gasteiger partial charge in [0.25, 0.3) is 5.91 Å². The van der Waals surface area contributed by atoms with Gasteiger partial charge in [0.15, 0.2) is 6.23 Å². The summed E-state index contributed by atoms with van der Waals surface area (Å²) >= 11 is 0. The lowest BCUT2D eigenvalue weighted by molar-refractivity contribution is -0.138. The molecule has 1 aliphatic heterocycles. The Kier molecular flexibility index (Phi) is 3.95. The van der Waals surface area contributed by atoms with Crippen LogP contribution in [0.5, 0.6) is 0 Å². The van der Waals surface area contributed by atoms with Crippen molar-refractivity contribution in [1.29, 1.82) is 0 Å². The van der Waals surface area contributed by atoms with Crippen LogP contribution in [-0.4, -0.2) is 38.9 Å². The number of carbonyl (C=O) groups excluding carboxylic acids is 2. The van der Waals surface area contributed by atoms with E-state index in [1.54, 1.807) is 25.1 Å². The summed E-state index contributed by atoms with van der Waals surface area (Å²) in [5.41, 5.74) is 6.73. The number of hydrogen-bond acceptors (Lipinski definition) is 4. The maximum Gasteiger partial charge on any atom is 0.303 e. The van der Waals surface area contributed by atoms with Gasteiger partial charge in [0.2, 0.25) is 5.91 Å². The molecule has 2 atom stereocenters. The molecule has 1 heterocycles. The summed E-state index contributed by atoms with van der Waals surface area (Å²) in [6, 6.07) is 3.83. The van der Waals surface area contributed by atoms with E-state index in [1.165, 1.54) is 0 Å². The molecule has 7 nitrogen and oxygen atoms in total.